The van der Waals surface area contributed by atoms with E-state index >= 15 is 0 Å². The van der Waals surface area contributed by atoms with Gasteiger partial charge < -0.3 is 24.8 Å². The molecule has 41 heavy (non-hydrogen) atoms. The molecule has 0 spiro atoms. The van der Waals surface area contributed by atoms with Gasteiger partial charge in [0, 0.05) is 74.0 Å². The molecule has 0 radical (unpaired) electrons. The first kappa shape index (κ1) is 29.5. The highest BCUT2D eigenvalue weighted by atomic mass is 19.1. The monoisotopic (exact) mass is 566 g/mol. The minimum atomic E-state index is -1.29. The molecule has 2 atom stereocenters. The van der Waals surface area contributed by atoms with E-state index in [1.807, 2.05) is 25.7 Å². The summed E-state index contributed by atoms with van der Waals surface area (Å²) in [4.78, 5) is 44.0. The van der Waals surface area contributed by atoms with Gasteiger partial charge in [-0.05, 0) is 24.8 Å². The third-order valence-corrected chi connectivity index (χ3v) is 9.64. The number of piperidine rings is 1. The first-order valence-corrected chi connectivity index (χ1v) is 15.0. The Morgan fingerprint density at radius 3 is 2.44 bits per heavy atom. The van der Waals surface area contributed by atoms with Gasteiger partial charge in [-0.2, -0.15) is 0 Å². The Balaban J connectivity index is 1.42. The van der Waals surface area contributed by atoms with Crippen LogP contribution in [0.4, 0.5) is 4.39 Å². The van der Waals surface area contributed by atoms with Crippen molar-refractivity contribution in [1.29, 1.82) is 0 Å². The van der Waals surface area contributed by atoms with Gasteiger partial charge in [0.15, 0.2) is 0 Å². The number of rotatable bonds is 7. The van der Waals surface area contributed by atoms with E-state index in [4.69, 9.17) is 0 Å². The number of amides is 2. The van der Waals surface area contributed by atoms with Crippen LogP contribution in [0.3, 0.4) is 0 Å². The molecule has 1 aliphatic carbocycles. The quantitative estimate of drug-likeness (QED) is 0.535. The molecule has 8 nitrogen and oxygen atoms in total. The van der Waals surface area contributed by atoms with Gasteiger partial charge in [0.25, 0.3) is 11.5 Å². The molecule has 222 valence electrons. The predicted molar refractivity (Wildman–Crippen MR) is 156 cm³/mol. The van der Waals surface area contributed by atoms with Crippen molar-refractivity contribution in [2.24, 2.45) is 17.3 Å². The predicted octanol–water partition coefficient (Wildman–Crippen LogP) is 3.52. The highest BCUT2D eigenvalue weighted by molar-refractivity contribution is 6.00. The SMILES string of the molecule is CC(CC1CCC1)C(=O)N1CC[C@@](O)(Cn2cc(C(=O)N3CCNCC3)c(-c3ccccc3F)cc2=O)C(C)(C)C1. The van der Waals surface area contributed by atoms with Gasteiger partial charge in [0.2, 0.25) is 5.91 Å². The van der Waals surface area contributed by atoms with Crippen LogP contribution in [-0.2, 0) is 11.3 Å². The van der Waals surface area contributed by atoms with Crippen LogP contribution in [0.25, 0.3) is 11.1 Å². The number of likely N-dealkylation sites (tertiary alicyclic amines) is 1. The number of carbonyl (C=O) groups is 2. The summed E-state index contributed by atoms with van der Waals surface area (Å²) in [7, 11) is 0. The fourth-order valence-corrected chi connectivity index (χ4v) is 6.57. The Hall–Kier alpha value is -3.04. The second-order valence-corrected chi connectivity index (χ2v) is 12.9. The molecule has 0 bridgehead atoms. The standard InChI is InChI=1S/C32H43FN4O4/c1-22(17-23-7-6-8-23)29(39)36-14-11-32(41,31(2,3)20-36)21-37-19-26(30(40)35-15-12-34-13-16-35)25(18-28(37)38)24-9-4-5-10-27(24)33/h4-5,9-10,18-19,22-23,34,41H,6-8,11-17,20-21H2,1-3H3/t22?,32-/m1/s1. The molecule has 1 saturated carbocycles. The number of nitrogens with one attached hydrogen (secondary N) is 1. The highest BCUT2D eigenvalue weighted by Gasteiger charge is 2.49. The van der Waals surface area contributed by atoms with Gasteiger partial charge in [0.1, 0.15) is 5.82 Å². The lowest BCUT2D eigenvalue weighted by molar-refractivity contribution is -0.157. The topological polar surface area (TPSA) is 94.9 Å². The second kappa shape index (κ2) is 11.7. The smallest absolute Gasteiger partial charge is 0.256 e. The Bertz CT molecular complexity index is 1350. The number of nitrogens with zero attached hydrogens (tertiary/aromatic N) is 3. The number of hydrogen-bond donors (Lipinski definition) is 2. The summed E-state index contributed by atoms with van der Waals surface area (Å²) in [5.41, 5.74) is -1.74. The summed E-state index contributed by atoms with van der Waals surface area (Å²) >= 11 is 0. The molecule has 9 heteroatoms. The van der Waals surface area contributed by atoms with Crippen LogP contribution in [-0.4, -0.2) is 76.2 Å². The van der Waals surface area contributed by atoms with E-state index in [0.29, 0.717) is 51.6 Å². The van der Waals surface area contributed by atoms with Crippen molar-refractivity contribution < 1.29 is 19.1 Å². The van der Waals surface area contributed by atoms with E-state index in [9.17, 15) is 23.9 Å². The van der Waals surface area contributed by atoms with Gasteiger partial charge >= 0.3 is 0 Å². The number of aromatic nitrogens is 1. The van der Waals surface area contributed by atoms with Crippen molar-refractivity contribution in [1.82, 2.24) is 19.7 Å². The molecule has 2 aromatic rings. The zero-order chi connectivity index (χ0) is 29.4. The first-order chi connectivity index (χ1) is 19.5. The summed E-state index contributed by atoms with van der Waals surface area (Å²) in [6.07, 6.45) is 6.36. The van der Waals surface area contributed by atoms with E-state index in [1.165, 1.54) is 42.2 Å². The molecule has 3 fully saturated rings. The summed E-state index contributed by atoms with van der Waals surface area (Å²) in [6.45, 7) is 8.94. The van der Waals surface area contributed by atoms with E-state index in [0.717, 1.165) is 6.42 Å². The number of halogens is 1. The maximum Gasteiger partial charge on any atom is 0.256 e. The van der Waals surface area contributed by atoms with Gasteiger partial charge in [-0.25, -0.2) is 4.39 Å². The molecule has 1 aromatic heterocycles. The summed E-state index contributed by atoms with van der Waals surface area (Å²) in [5.74, 6) is -0.0642. The van der Waals surface area contributed by atoms with Crippen molar-refractivity contribution in [2.75, 3.05) is 39.3 Å². The molecule has 1 aromatic carbocycles. The minimum Gasteiger partial charge on any atom is -0.387 e. The number of carbonyl (C=O) groups excluding carboxylic acids is 2. The van der Waals surface area contributed by atoms with Crippen LogP contribution >= 0.6 is 0 Å². The van der Waals surface area contributed by atoms with Gasteiger partial charge in [-0.3, -0.25) is 14.4 Å². The third-order valence-electron chi connectivity index (χ3n) is 9.64. The summed E-state index contributed by atoms with van der Waals surface area (Å²) in [6, 6.07) is 7.44. The molecular weight excluding hydrogens is 523 g/mol. The highest BCUT2D eigenvalue weighted by Crippen LogP contribution is 2.41. The van der Waals surface area contributed by atoms with Gasteiger partial charge in [0.05, 0.1) is 17.7 Å². The van der Waals surface area contributed by atoms with Gasteiger partial charge in [-0.1, -0.05) is 58.2 Å². The Labute approximate surface area is 241 Å². The maximum atomic E-state index is 14.9. The van der Waals surface area contributed by atoms with Crippen molar-refractivity contribution in [2.45, 2.75) is 65.0 Å². The number of benzene rings is 1. The third kappa shape index (κ3) is 5.97. The molecule has 2 amide bonds. The normalized spacial score (nSPS) is 23.6. The molecule has 1 unspecified atom stereocenters. The van der Waals surface area contributed by atoms with Crippen LogP contribution in [0.15, 0.2) is 41.3 Å². The van der Waals surface area contributed by atoms with E-state index in [2.05, 4.69) is 5.32 Å². The summed E-state index contributed by atoms with van der Waals surface area (Å²) < 4.78 is 16.3. The lowest BCUT2D eigenvalue weighted by Gasteiger charge is -2.51. The number of piperazine rings is 1. The minimum absolute atomic E-state index is 0.0299. The lowest BCUT2D eigenvalue weighted by atomic mass is 9.69. The fourth-order valence-electron chi connectivity index (χ4n) is 6.57. The van der Waals surface area contributed by atoms with Crippen LogP contribution in [0.2, 0.25) is 0 Å². The molecule has 3 aliphatic rings. The number of hydrogen-bond acceptors (Lipinski definition) is 5. The van der Waals surface area contributed by atoms with Crippen LogP contribution < -0.4 is 10.9 Å². The molecule has 3 heterocycles. The first-order valence-electron chi connectivity index (χ1n) is 15.0. The number of aliphatic hydroxyl groups is 1. The lowest BCUT2D eigenvalue weighted by Crippen LogP contribution is -2.61. The largest absolute Gasteiger partial charge is 0.387 e. The zero-order valence-corrected chi connectivity index (χ0v) is 24.5. The second-order valence-electron chi connectivity index (χ2n) is 12.9. The Morgan fingerprint density at radius 1 is 1.10 bits per heavy atom. The van der Waals surface area contributed by atoms with Gasteiger partial charge in [-0.15, -0.1) is 0 Å². The Morgan fingerprint density at radius 2 is 1.80 bits per heavy atom. The average molecular weight is 567 g/mol. The Kier molecular flexibility index (Phi) is 8.39. The van der Waals surface area contributed by atoms with E-state index < -0.39 is 22.4 Å². The molecule has 5 rings (SSSR count). The number of pyridine rings is 1. The molecule has 2 N–H and O–H groups in total. The van der Waals surface area contributed by atoms with Crippen LogP contribution in [0.5, 0.6) is 0 Å². The zero-order valence-electron chi connectivity index (χ0n) is 24.5. The van der Waals surface area contributed by atoms with E-state index in [-0.39, 0.29) is 41.0 Å². The van der Waals surface area contributed by atoms with Crippen molar-refractivity contribution >= 4 is 11.8 Å². The van der Waals surface area contributed by atoms with Crippen molar-refractivity contribution in [3.05, 3.63) is 58.3 Å². The molecule has 2 aliphatic heterocycles. The van der Waals surface area contributed by atoms with E-state index in [1.54, 1.807) is 23.1 Å². The van der Waals surface area contributed by atoms with Crippen molar-refractivity contribution in [3.8, 4) is 11.1 Å². The molecular formula is C32H43FN4O4. The van der Waals surface area contributed by atoms with Crippen molar-refractivity contribution in [3.63, 3.8) is 0 Å². The molecule has 2 saturated heterocycles. The summed E-state index contributed by atoms with van der Waals surface area (Å²) in [5, 5.41) is 15.2. The van der Waals surface area contributed by atoms with Crippen LogP contribution in [0, 0.1) is 23.1 Å². The maximum absolute atomic E-state index is 14.9. The fraction of sp³-hybridized carbons (Fsp3) is 0.594. The average Bonchev–Trinajstić information content (AvgIpc) is 2.93. The van der Waals surface area contributed by atoms with Crippen LogP contribution in [0.1, 0.15) is 63.2 Å².